The number of benzene rings is 1. The zero-order chi connectivity index (χ0) is 18.0. The van der Waals surface area contributed by atoms with Gasteiger partial charge in [-0.25, -0.2) is 0 Å². The number of hydrogen-bond donors (Lipinski definition) is 3. The molecule has 1 aliphatic carbocycles. The zero-order valence-electron chi connectivity index (χ0n) is 13.7. The number of aldehydes is 1. The highest BCUT2D eigenvalue weighted by atomic mass is 16.6. The van der Waals surface area contributed by atoms with Gasteiger partial charge in [0.15, 0.2) is 6.29 Å². The number of allylic oxidation sites excluding steroid dienone is 1. The summed E-state index contributed by atoms with van der Waals surface area (Å²) in [5.74, 6) is -0.978. The van der Waals surface area contributed by atoms with Crippen LogP contribution in [-0.2, 0) is 14.3 Å². The summed E-state index contributed by atoms with van der Waals surface area (Å²) in [4.78, 5) is 11.1. The maximum Gasteiger partial charge on any atom is 0.160 e. The number of carbonyl (C=O) groups excluding carboxylic acids is 1. The van der Waals surface area contributed by atoms with Crippen LogP contribution in [0.25, 0.3) is 6.08 Å². The first-order valence-electron chi connectivity index (χ1n) is 8.19. The lowest BCUT2D eigenvalue weighted by molar-refractivity contribution is -0.107. The topological polar surface area (TPSA) is 96.2 Å². The molecule has 6 nitrogen and oxygen atoms in total. The van der Waals surface area contributed by atoms with Gasteiger partial charge in [-0.3, -0.25) is 4.79 Å². The Bertz CT molecular complexity index is 667. The Morgan fingerprint density at radius 1 is 1.40 bits per heavy atom. The first kappa shape index (κ1) is 17.7. The van der Waals surface area contributed by atoms with Crippen molar-refractivity contribution in [2.75, 3.05) is 13.2 Å². The van der Waals surface area contributed by atoms with Crippen LogP contribution in [-0.4, -0.2) is 46.7 Å². The second-order valence-electron chi connectivity index (χ2n) is 6.68. The quantitative estimate of drug-likeness (QED) is 0.410. The van der Waals surface area contributed by atoms with Crippen LogP contribution in [0, 0.1) is 17.8 Å². The number of phenols is 1. The summed E-state index contributed by atoms with van der Waals surface area (Å²) in [5.41, 5.74) is -0.00895. The van der Waals surface area contributed by atoms with Crippen molar-refractivity contribution >= 4 is 12.4 Å². The molecule has 1 saturated heterocycles. The van der Waals surface area contributed by atoms with E-state index in [9.17, 15) is 20.1 Å². The zero-order valence-corrected chi connectivity index (χ0v) is 13.7. The van der Waals surface area contributed by atoms with E-state index >= 15 is 0 Å². The van der Waals surface area contributed by atoms with E-state index in [1.54, 1.807) is 30.3 Å². The smallest absolute Gasteiger partial charge is 0.160 e. The Kier molecular flexibility index (Phi) is 4.94. The van der Waals surface area contributed by atoms with Crippen LogP contribution >= 0.6 is 0 Å². The normalized spacial score (nSPS) is 34.2. The first-order valence-corrected chi connectivity index (χ1v) is 8.19. The van der Waals surface area contributed by atoms with Gasteiger partial charge < -0.3 is 24.8 Å². The number of aliphatic hydroxyl groups excluding tert-OH is 1. The Hall–Kier alpha value is -2.15. The van der Waals surface area contributed by atoms with Crippen LogP contribution in [0.15, 0.2) is 42.7 Å². The van der Waals surface area contributed by atoms with Crippen LogP contribution in [0.3, 0.4) is 0 Å². The van der Waals surface area contributed by atoms with Crippen molar-refractivity contribution in [3.05, 3.63) is 48.2 Å². The second kappa shape index (κ2) is 7.00. The van der Waals surface area contributed by atoms with Crippen LogP contribution in [0.2, 0.25) is 0 Å². The van der Waals surface area contributed by atoms with E-state index in [0.717, 1.165) is 5.56 Å². The molecule has 2 fully saturated rings. The summed E-state index contributed by atoms with van der Waals surface area (Å²) >= 11 is 0. The molecule has 5 atom stereocenters. The Morgan fingerprint density at radius 2 is 2.12 bits per heavy atom. The van der Waals surface area contributed by atoms with Gasteiger partial charge in [-0.2, -0.15) is 0 Å². The Labute approximate surface area is 146 Å². The molecule has 0 spiro atoms. The lowest BCUT2D eigenvalue weighted by Gasteiger charge is -2.28. The van der Waals surface area contributed by atoms with Gasteiger partial charge in [0.2, 0.25) is 0 Å². The third-order valence-corrected chi connectivity index (χ3v) is 5.22. The van der Waals surface area contributed by atoms with Crippen molar-refractivity contribution < 1.29 is 29.6 Å². The van der Waals surface area contributed by atoms with E-state index in [1.165, 1.54) is 6.26 Å². The number of rotatable bonds is 6. The summed E-state index contributed by atoms with van der Waals surface area (Å²) in [6.07, 6.45) is 3.34. The monoisotopic (exact) mass is 346 g/mol. The standard InChI is InChI=1S/C19H22O6/c1-12(9-20)16-8-14(19(23)11-25-18(22)17(16)19)10-24-7-6-13-2-4-15(21)5-3-13/h2-7,9,14,16-18,21-23H,1,8,10-11H2/b7-6-/t14-,16-,17-,18+,19+/m1/s1. The molecule has 1 aromatic rings. The van der Waals surface area contributed by atoms with E-state index < -0.39 is 17.8 Å². The molecule has 2 aliphatic rings. The van der Waals surface area contributed by atoms with Gasteiger partial charge in [-0.15, -0.1) is 0 Å². The van der Waals surface area contributed by atoms with E-state index in [0.29, 0.717) is 18.3 Å². The van der Waals surface area contributed by atoms with Crippen LogP contribution in [0.5, 0.6) is 5.75 Å². The lowest BCUT2D eigenvalue weighted by Crippen LogP contribution is -2.43. The van der Waals surface area contributed by atoms with Crippen molar-refractivity contribution in [2.24, 2.45) is 17.8 Å². The van der Waals surface area contributed by atoms with Gasteiger partial charge in [-0.1, -0.05) is 18.7 Å². The van der Waals surface area contributed by atoms with Crippen LogP contribution in [0.1, 0.15) is 12.0 Å². The van der Waals surface area contributed by atoms with Crippen molar-refractivity contribution in [1.29, 1.82) is 0 Å². The van der Waals surface area contributed by atoms with Crippen molar-refractivity contribution in [2.45, 2.75) is 18.3 Å². The third-order valence-electron chi connectivity index (χ3n) is 5.22. The summed E-state index contributed by atoms with van der Waals surface area (Å²) in [6.45, 7) is 3.99. The fourth-order valence-electron chi connectivity index (χ4n) is 3.83. The van der Waals surface area contributed by atoms with Crippen LogP contribution < -0.4 is 0 Å². The molecule has 1 aromatic carbocycles. The van der Waals surface area contributed by atoms with Gasteiger partial charge in [0.1, 0.15) is 17.6 Å². The molecule has 3 N–H and O–H groups in total. The Balaban J connectivity index is 1.65. The van der Waals surface area contributed by atoms with Gasteiger partial charge in [0.25, 0.3) is 0 Å². The molecule has 1 saturated carbocycles. The minimum atomic E-state index is -1.23. The maximum absolute atomic E-state index is 11.1. The van der Waals surface area contributed by atoms with E-state index in [4.69, 9.17) is 9.47 Å². The lowest BCUT2D eigenvalue weighted by atomic mass is 9.83. The number of aromatic hydroxyl groups is 1. The number of carbonyl (C=O) groups is 1. The van der Waals surface area contributed by atoms with Crippen molar-refractivity contribution in [1.82, 2.24) is 0 Å². The number of aliphatic hydroxyl groups is 2. The summed E-state index contributed by atoms with van der Waals surface area (Å²) in [5, 5.41) is 30.2. The fraction of sp³-hybridized carbons (Fsp3) is 0.421. The molecule has 6 heteroatoms. The van der Waals surface area contributed by atoms with Gasteiger partial charge in [-0.05, 0) is 41.7 Å². The molecule has 0 unspecified atom stereocenters. The molecule has 3 rings (SSSR count). The molecule has 0 aromatic heterocycles. The van der Waals surface area contributed by atoms with Crippen LogP contribution in [0.4, 0.5) is 0 Å². The molecule has 1 heterocycles. The number of ether oxygens (including phenoxy) is 2. The van der Waals surface area contributed by atoms with Gasteiger partial charge in [0, 0.05) is 11.8 Å². The summed E-state index contributed by atoms with van der Waals surface area (Å²) in [6, 6.07) is 6.66. The maximum atomic E-state index is 11.1. The molecule has 0 amide bonds. The fourth-order valence-corrected chi connectivity index (χ4v) is 3.83. The average Bonchev–Trinajstić information content (AvgIpc) is 3.07. The van der Waals surface area contributed by atoms with E-state index in [2.05, 4.69) is 6.58 Å². The molecule has 1 aliphatic heterocycles. The van der Waals surface area contributed by atoms with Gasteiger partial charge in [0.05, 0.1) is 19.5 Å². The minimum absolute atomic E-state index is 0.0111. The van der Waals surface area contributed by atoms with Gasteiger partial charge >= 0.3 is 0 Å². The number of hydrogen-bond acceptors (Lipinski definition) is 6. The molecule has 0 radical (unpaired) electrons. The van der Waals surface area contributed by atoms with E-state index in [1.807, 2.05) is 0 Å². The van der Waals surface area contributed by atoms with Crippen molar-refractivity contribution in [3.8, 4) is 5.75 Å². The highest BCUT2D eigenvalue weighted by molar-refractivity contribution is 5.73. The Morgan fingerprint density at radius 3 is 2.80 bits per heavy atom. The number of phenolic OH excluding ortho intramolecular Hbond substituents is 1. The highest BCUT2D eigenvalue weighted by Gasteiger charge is 2.61. The third kappa shape index (κ3) is 3.33. The molecule has 0 bridgehead atoms. The van der Waals surface area contributed by atoms with E-state index in [-0.39, 0.29) is 30.8 Å². The number of fused-ring (bicyclic) bond motifs is 1. The minimum Gasteiger partial charge on any atom is -0.508 e. The molecule has 134 valence electrons. The second-order valence-corrected chi connectivity index (χ2v) is 6.68. The SMILES string of the molecule is C=C(C=O)[C@H]1C[C@H](CO/C=C\c2ccc(O)cc2)[C@@]2(O)CO[C@H](O)[C@@H]12. The van der Waals surface area contributed by atoms with Crippen molar-refractivity contribution in [3.63, 3.8) is 0 Å². The largest absolute Gasteiger partial charge is 0.508 e. The molecular formula is C19H22O6. The predicted molar refractivity (Wildman–Crippen MR) is 90.3 cm³/mol. The molecule has 25 heavy (non-hydrogen) atoms. The predicted octanol–water partition coefficient (Wildman–Crippen LogP) is 1.47. The molecular weight excluding hydrogens is 324 g/mol. The highest BCUT2D eigenvalue weighted by Crippen LogP contribution is 2.52. The summed E-state index contributed by atoms with van der Waals surface area (Å²) in [7, 11) is 0. The average molecular weight is 346 g/mol. The summed E-state index contributed by atoms with van der Waals surface area (Å²) < 4.78 is 10.8. The first-order chi connectivity index (χ1) is 12.0.